The van der Waals surface area contributed by atoms with Gasteiger partial charge in [-0.05, 0) is 49.8 Å². The molecule has 1 amide bonds. The van der Waals surface area contributed by atoms with Crippen LogP contribution in [0.15, 0.2) is 42.5 Å². The van der Waals surface area contributed by atoms with Crippen molar-refractivity contribution in [1.29, 1.82) is 0 Å². The minimum Gasteiger partial charge on any atom is -0.497 e. The third kappa shape index (κ3) is 3.29. The summed E-state index contributed by atoms with van der Waals surface area (Å²) in [6, 6.07) is 11.4. The van der Waals surface area contributed by atoms with E-state index in [9.17, 15) is 4.79 Å². The molecule has 0 radical (unpaired) electrons. The number of amides is 1. The second-order valence-corrected chi connectivity index (χ2v) is 4.53. The van der Waals surface area contributed by atoms with Gasteiger partial charge in [0.25, 0.3) is 5.91 Å². The Hall–Kier alpha value is -2.49. The van der Waals surface area contributed by atoms with Crippen LogP contribution >= 0.6 is 0 Å². The van der Waals surface area contributed by atoms with Gasteiger partial charge in [0.15, 0.2) is 0 Å². The highest BCUT2D eigenvalue weighted by Crippen LogP contribution is 2.12. The average Bonchev–Trinajstić information content (AvgIpc) is 2.77. The van der Waals surface area contributed by atoms with E-state index in [1.165, 1.54) is 6.08 Å². The quantitative estimate of drug-likeness (QED) is 0.868. The maximum absolute atomic E-state index is 11.9. The summed E-state index contributed by atoms with van der Waals surface area (Å²) in [7, 11) is 1.63. The van der Waals surface area contributed by atoms with Crippen LogP contribution in [0, 0.1) is 13.8 Å². The van der Waals surface area contributed by atoms with E-state index in [1.807, 2.05) is 50.2 Å². The molecule has 0 bridgehead atoms. The number of methoxy groups -OCH3 is 1. The number of hydrogen-bond donors (Lipinski definition) is 1. The van der Waals surface area contributed by atoms with Gasteiger partial charge in [0, 0.05) is 17.5 Å². The summed E-state index contributed by atoms with van der Waals surface area (Å²) in [5.41, 5.74) is 5.75. The Morgan fingerprint density at radius 1 is 1.10 bits per heavy atom. The van der Waals surface area contributed by atoms with Gasteiger partial charge < -0.3 is 4.74 Å². The van der Waals surface area contributed by atoms with E-state index >= 15 is 0 Å². The van der Waals surface area contributed by atoms with E-state index in [0.717, 1.165) is 22.7 Å². The molecular weight excluding hydrogens is 252 g/mol. The molecule has 0 aliphatic carbocycles. The molecule has 0 aliphatic heterocycles. The molecule has 1 heterocycles. The van der Waals surface area contributed by atoms with Crippen molar-refractivity contribution >= 4 is 12.0 Å². The van der Waals surface area contributed by atoms with Crippen LogP contribution in [0.5, 0.6) is 5.75 Å². The first-order valence-corrected chi connectivity index (χ1v) is 6.38. The van der Waals surface area contributed by atoms with Crippen molar-refractivity contribution in [3.05, 3.63) is 59.4 Å². The van der Waals surface area contributed by atoms with E-state index in [1.54, 1.807) is 17.9 Å². The number of carbonyl (C=O) groups is 1. The molecule has 1 aromatic carbocycles. The van der Waals surface area contributed by atoms with Crippen molar-refractivity contribution in [1.82, 2.24) is 4.68 Å². The number of rotatable bonds is 4. The Balaban J connectivity index is 2.02. The number of aryl methyl sites for hydroxylation is 2. The Labute approximate surface area is 118 Å². The number of benzene rings is 1. The summed E-state index contributed by atoms with van der Waals surface area (Å²) in [5, 5.41) is 0. The van der Waals surface area contributed by atoms with Crippen LogP contribution in [0.3, 0.4) is 0 Å². The first-order valence-electron chi connectivity index (χ1n) is 6.38. The maximum atomic E-state index is 11.9. The molecule has 104 valence electrons. The van der Waals surface area contributed by atoms with E-state index < -0.39 is 0 Å². The fraction of sp³-hybridized carbons (Fsp3) is 0.188. The lowest BCUT2D eigenvalue weighted by atomic mass is 10.2. The van der Waals surface area contributed by atoms with Gasteiger partial charge in [-0.15, -0.1) is 0 Å². The number of ether oxygens (including phenoxy) is 1. The van der Waals surface area contributed by atoms with Crippen LogP contribution in [0.4, 0.5) is 0 Å². The van der Waals surface area contributed by atoms with Gasteiger partial charge in [0.05, 0.1) is 7.11 Å². The Morgan fingerprint density at radius 2 is 1.70 bits per heavy atom. The molecule has 4 nitrogen and oxygen atoms in total. The minimum atomic E-state index is -0.164. The zero-order chi connectivity index (χ0) is 14.5. The Kier molecular flexibility index (Phi) is 4.25. The van der Waals surface area contributed by atoms with Crippen molar-refractivity contribution in [2.24, 2.45) is 0 Å². The van der Waals surface area contributed by atoms with Crippen LogP contribution < -0.4 is 10.2 Å². The van der Waals surface area contributed by atoms with Gasteiger partial charge in [0.1, 0.15) is 5.75 Å². The topological polar surface area (TPSA) is 43.3 Å². The van der Waals surface area contributed by atoms with Crippen LogP contribution in [-0.4, -0.2) is 17.7 Å². The lowest BCUT2D eigenvalue weighted by Crippen LogP contribution is -2.22. The molecule has 0 saturated heterocycles. The van der Waals surface area contributed by atoms with Crippen molar-refractivity contribution in [3.63, 3.8) is 0 Å². The van der Waals surface area contributed by atoms with Gasteiger partial charge in [-0.25, -0.2) is 0 Å². The number of nitrogens with one attached hydrogen (secondary N) is 1. The van der Waals surface area contributed by atoms with Gasteiger partial charge in [-0.1, -0.05) is 12.1 Å². The Bertz CT molecular complexity index is 605. The molecule has 0 fully saturated rings. The van der Waals surface area contributed by atoms with E-state index in [0.29, 0.717) is 0 Å². The van der Waals surface area contributed by atoms with Crippen molar-refractivity contribution in [2.75, 3.05) is 12.5 Å². The molecule has 2 rings (SSSR count). The number of carbonyl (C=O) groups excluding carboxylic acids is 1. The summed E-state index contributed by atoms with van der Waals surface area (Å²) in [4.78, 5) is 11.9. The lowest BCUT2D eigenvalue weighted by molar-refractivity contribution is -0.112. The third-order valence-corrected chi connectivity index (χ3v) is 3.04. The maximum Gasteiger partial charge on any atom is 0.262 e. The molecular formula is C16H18N2O2. The second-order valence-electron chi connectivity index (χ2n) is 4.53. The second kappa shape index (κ2) is 6.10. The number of aromatic nitrogens is 1. The predicted octanol–water partition coefficient (Wildman–Crippen LogP) is 2.90. The Morgan fingerprint density at radius 3 is 2.25 bits per heavy atom. The average molecular weight is 270 g/mol. The minimum absolute atomic E-state index is 0.164. The van der Waals surface area contributed by atoms with E-state index in [4.69, 9.17) is 4.74 Å². The van der Waals surface area contributed by atoms with Gasteiger partial charge in [-0.2, -0.15) is 0 Å². The molecule has 20 heavy (non-hydrogen) atoms. The molecule has 2 aromatic rings. The van der Waals surface area contributed by atoms with Gasteiger partial charge in [-0.3, -0.25) is 14.9 Å². The fourth-order valence-electron chi connectivity index (χ4n) is 1.88. The van der Waals surface area contributed by atoms with Crippen molar-refractivity contribution in [3.8, 4) is 5.75 Å². The zero-order valence-corrected chi connectivity index (χ0v) is 11.9. The van der Waals surface area contributed by atoms with E-state index in [2.05, 4.69) is 5.43 Å². The predicted molar refractivity (Wildman–Crippen MR) is 80.3 cm³/mol. The highest BCUT2D eigenvalue weighted by Gasteiger charge is 2.02. The summed E-state index contributed by atoms with van der Waals surface area (Å²) in [5.74, 6) is 0.633. The smallest absolute Gasteiger partial charge is 0.262 e. The largest absolute Gasteiger partial charge is 0.497 e. The van der Waals surface area contributed by atoms with Gasteiger partial charge in [0.2, 0.25) is 0 Å². The van der Waals surface area contributed by atoms with E-state index in [-0.39, 0.29) is 5.91 Å². The molecule has 4 heteroatoms. The highest BCUT2D eigenvalue weighted by atomic mass is 16.5. The lowest BCUT2D eigenvalue weighted by Gasteiger charge is -2.08. The molecule has 0 saturated carbocycles. The highest BCUT2D eigenvalue weighted by molar-refractivity contribution is 5.97. The molecule has 0 unspecified atom stereocenters. The number of hydrogen-bond acceptors (Lipinski definition) is 2. The standard InChI is InChI=1S/C16H18N2O2/c1-12-4-5-13(2)18(12)17-16(19)11-8-14-6-9-15(20-3)10-7-14/h4-11H,1-3H3,(H,17,19)/b11-8+. The first-order chi connectivity index (χ1) is 9.60. The first kappa shape index (κ1) is 13.9. The third-order valence-electron chi connectivity index (χ3n) is 3.04. The molecule has 1 N–H and O–H groups in total. The molecule has 1 aromatic heterocycles. The van der Waals surface area contributed by atoms with Crippen LogP contribution in [-0.2, 0) is 4.79 Å². The number of nitrogens with zero attached hydrogens (tertiary/aromatic N) is 1. The molecule has 0 spiro atoms. The molecule has 0 aliphatic rings. The summed E-state index contributed by atoms with van der Waals surface area (Å²) >= 11 is 0. The summed E-state index contributed by atoms with van der Waals surface area (Å²) in [6.07, 6.45) is 3.28. The normalized spacial score (nSPS) is 10.8. The van der Waals surface area contributed by atoms with Crippen molar-refractivity contribution < 1.29 is 9.53 Å². The van der Waals surface area contributed by atoms with Gasteiger partial charge >= 0.3 is 0 Å². The SMILES string of the molecule is COc1ccc(/C=C/C(=O)Nn2c(C)ccc2C)cc1. The zero-order valence-electron chi connectivity index (χ0n) is 11.9. The van der Waals surface area contributed by atoms with Crippen LogP contribution in [0.25, 0.3) is 6.08 Å². The summed E-state index contributed by atoms with van der Waals surface area (Å²) in [6.45, 7) is 3.89. The van der Waals surface area contributed by atoms with Crippen LogP contribution in [0.2, 0.25) is 0 Å². The fourth-order valence-corrected chi connectivity index (χ4v) is 1.88. The molecule has 0 atom stereocenters. The summed E-state index contributed by atoms with van der Waals surface area (Å²) < 4.78 is 6.85. The van der Waals surface area contributed by atoms with Crippen LogP contribution in [0.1, 0.15) is 17.0 Å². The van der Waals surface area contributed by atoms with Crippen molar-refractivity contribution in [2.45, 2.75) is 13.8 Å². The monoisotopic (exact) mass is 270 g/mol.